The standard InChI is InChI=1S/C20H19N5O3S/c1-2-22-29(26,27)17-8-4-14(5-9-17)6-10-20-23-19(25-28-20)12-15-3-7-16-13-21-24-18(16)11-15/h3-11,13,22H,2,12H2,1H3,(H,21,24)/b10-6+. The molecule has 0 spiro atoms. The summed E-state index contributed by atoms with van der Waals surface area (Å²) in [5, 5.41) is 12.0. The number of aromatic amines is 1. The van der Waals surface area contributed by atoms with Crippen LogP contribution in [0.3, 0.4) is 0 Å². The number of rotatable bonds is 7. The van der Waals surface area contributed by atoms with Crippen molar-refractivity contribution in [3.05, 3.63) is 71.5 Å². The predicted octanol–water partition coefficient (Wildman–Crippen LogP) is 3.01. The molecule has 0 aliphatic heterocycles. The van der Waals surface area contributed by atoms with Crippen LogP contribution in [0.2, 0.25) is 0 Å². The first-order valence-corrected chi connectivity index (χ1v) is 10.5. The number of hydrogen-bond acceptors (Lipinski definition) is 6. The van der Waals surface area contributed by atoms with Gasteiger partial charge in [0.15, 0.2) is 5.82 Å². The van der Waals surface area contributed by atoms with Crippen molar-refractivity contribution >= 4 is 33.1 Å². The molecule has 4 aromatic rings. The second kappa shape index (κ2) is 7.98. The molecule has 0 amide bonds. The molecule has 0 fully saturated rings. The van der Waals surface area contributed by atoms with E-state index in [-0.39, 0.29) is 4.90 Å². The Balaban J connectivity index is 1.43. The second-order valence-corrected chi connectivity index (χ2v) is 8.19. The highest BCUT2D eigenvalue weighted by atomic mass is 32.2. The van der Waals surface area contributed by atoms with Crippen LogP contribution in [0.15, 0.2) is 58.1 Å². The van der Waals surface area contributed by atoms with Crippen LogP contribution in [0.25, 0.3) is 23.1 Å². The largest absolute Gasteiger partial charge is 0.335 e. The van der Waals surface area contributed by atoms with E-state index in [9.17, 15) is 8.42 Å². The molecule has 2 aromatic heterocycles. The van der Waals surface area contributed by atoms with Gasteiger partial charge in [-0.25, -0.2) is 13.1 Å². The number of nitrogens with zero attached hydrogens (tertiary/aromatic N) is 3. The summed E-state index contributed by atoms with van der Waals surface area (Å²) in [6.07, 6.45) is 5.81. The summed E-state index contributed by atoms with van der Waals surface area (Å²) in [6.45, 7) is 2.09. The number of aromatic nitrogens is 4. The van der Waals surface area contributed by atoms with Crippen LogP contribution in [0.1, 0.15) is 29.8 Å². The minimum Gasteiger partial charge on any atom is -0.335 e. The lowest BCUT2D eigenvalue weighted by Crippen LogP contribution is -2.22. The summed E-state index contributed by atoms with van der Waals surface area (Å²) in [7, 11) is -3.45. The third-order valence-corrected chi connectivity index (χ3v) is 5.86. The third-order valence-electron chi connectivity index (χ3n) is 4.30. The Morgan fingerprint density at radius 3 is 2.76 bits per heavy atom. The van der Waals surface area contributed by atoms with Gasteiger partial charge in [-0.05, 0) is 35.4 Å². The van der Waals surface area contributed by atoms with E-state index >= 15 is 0 Å². The Kier molecular flexibility index (Phi) is 5.24. The van der Waals surface area contributed by atoms with Crippen molar-refractivity contribution in [2.75, 3.05) is 6.54 Å². The molecule has 0 bridgehead atoms. The van der Waals surface area contributed by atoms with E-state index in [0.29, 0.717) is 24.7 Å². The highest BCUT2D eigenvalue weighted by Crippen LogP contribution is 2.16. The van der Waals surface area contributed by atoms with Gasteiger partial charge in [0.2, 0.25) is 10.0 Å². The lowest BCUT2D eigenvalue weighted by molar-refractivity contribution is 0.404. The highest BCUT2D eigenvalue weighted by molar-refractivity contribution is 7.89. The van der Waals surface area contributed by atoms with Gasteiger partial charge < -0.3 is 4.52 Å². The smallest absolute Gasteiger partial charge is 0.250 e. The summed E-state index contributed by atoms with van der Waals surface area (Å²) < 4.78 is 31.7. The molecular weight excluding hydrogens is 390 g/mol. The summed E-state index contributed by atoms with van der Waals surface area (Å²) in [6, 6.07) is 12.6. The quantitative estimate of drug-likeness (QED) is 0.485. The van der Waals surface area contributed by atoms with E-state index in [1.54, 1.807) is 49.5 Å². The van der Waals surface area contributed by atoms with Gasteiger partial charge >= 0.3 is 0 Å². The van der Waals surface area contributed by atoms with Crippen LogP contribution in [0.4, 0.5) is 0 Å². The molecule has 29 heavy (non-hydrogen) atoms. The van der Waals surface area contributed by atoms with Gasteiger partial charge in [-0.2, -0.15) is 10.1 Å². The number of hydrogen-bond donors (Lipinski definition) is 2. The zero-order valence-electron chi connectivity index (χ0n) is 15.7. The second-order valence-electron chi connectivity index (χ2n) is 6.42. The monoisotopic (exact) mass is 409 g/mol. The fourth-order valence-electron chi connectivity index (χ4n) is 2.88. The van der Waals surface area contributed by atoms with E-state index in [0.717, 1.165) is 22.0 Å². The zero-order chi connectivity index (χ0) is 20.3. The minimum absolute atomic E-state index is 0.228. The highest BCUT2D eigenvalue weighted by Gasteiger charge is 2.11. The molecule has 2 heterocycles. The predicted molar refractivity (Wildman–Crippen MR) is 109 cm³/mol. The van der Waals surface area contributed by atoms with Crippen LogP contribution >= 0.6 is 0 Å². The average Bonchev–Trinajstić information content (AvgIpc) is 3.35. The van der Waals surface area contributed by atoms with Crippen molar-refractivity contribution < 1.29 is 12.9 Å². The maximum absolute atomic E-state index is 12.0. The van der Waals surface area contributed by atoms with Gasteiger partial charge in [-0.1, -0.05) is 36.3 Å². The first-order chi connectivity index (χ1) is 14.0. The van der Waals surface area contributed by atoms with E-state index in [1.165, 1.54) is 0 Å². The van der Waals surface area contributed by atoms with Crippen molar-refractivity contribution in [2.45, 2.75) is 18.2 Å². The van der Waals surface area contributed by atoms with Crippen molar-refractivity contribution in [3.63, 3.8) is 0 Å². The molecule has 0 aliphatic carbocycles. The van der Waals surface area contributed by atoms with Crippen molar-refractivity contribution in [3.8, 4) is 0 Å². The lowest BCUT2D eigenvalue weighted by Gasteiger charge is -2.04. The first kappa shape index (κ1) is 19.0. The number of fused-ring (bicyclic) bond motifs is 1. The van der Waals surface area contributed by atoms with Crippen LogP contribution in [-0.4, -0.2) is 35.3 Å². The molecule has 0 saturated heterocycles. The molecule has 9 heteroatoms. The minimum atomic E-state index is -3.45. The topological polar surface area (TPSA) is 114 Å². The van der Waals surface area contributed by atoms with E-state index in [2.05, 4.69) is 25.1 Å². The maximum atomic E-state index is 12.0. The third kappa shape index (κ3) is 4.41. The fraction of sp³-hybridized carbons (Fsp3) is 0.150. The molecule has 4 rings (SSSR count). The van der Waals surface area contributed by atoms with Crippen molar-refractivity contribution in [1.82, 2.24) is 25.1 Å². The van der Waals surface area contributed by atoms with Gasteiger partial charge in [0, 0.05) is 24.4 Å². The molecule has 2 N–H and O–H groups in total. The van der Waals surface area contributed by atoms with Crippen LogP contribution in [0.5, 0.6) is 0 Å². The summed E-state index contributed by atoms with van der Waals surface area (Å²) in [5.41, 5.74) is 2.84. The van der Waals surface area contributed by atoms with Crippen LogP contribution in [-0.2, 0) is 16.4 Å². The Labute approximate surface area is 167 Å². The Morgan fingerprint density at radius 2 is 1.97 bits per heavy atom. The number of nitrogens with one attached hydrogen (secondary N) is 2. The maximum Gasteiger partial charge on any atom is 0.250 e. The summed E-state index contributed by atoms with van der Waals surface area (Å²) in [4.78, 5) is 4.60. The van der Waals surface area contributed by atoms with Gasteiger partial charge in [-0.15, -0.1) is 0 Å². The number of sulfonamides is 1. The molecule has 148 valence electrons. The van der Waals surface area contributed by atoms with E-state index < -0.39 is 10.0 Å². The van der Waals surface area contributed by atoms with Crippen molar-refractivity contribution in [2.24, 2.45) is 0 Å². The molecular formula is C20H19N5O3S. The molecule has 0 saturated carbocycles. The number of benzene rings is 2. The average molecular weight is 409 g/mol. The molecule has 0 radical (unpaired) electrons. The Morgan fingerprint density at radius 1 is 1.14 bits per heavy atom. The summed E-state index contributed by atoms with van der Waals surface area (Å²) in [5.74, 6) is 0.961. The molecule has 0 aliphatic rings. The Hall–Kier alpha value is -3.30. The molecule has 8 nitrogen and oxygen atoms in total. The number of H-pyrrole nitrogens is 1. The molecule has 0 unspecified atom stereocenters. The SMILES string of the molecule is CCNS(=O)(=O)c1ccc(/C=C/c2nc(Cc3ccc4cn[nH]c4c3)no2)cc1. The van der Waals surface area contributed by atoms with Gasteiger partial charge in [0.1, 0.15) is 0 Å². The van der Waals surface area contributed by atoms with E-state index in [4.69, 9.17) is 4.52 Å². The zero-order valence-corrected chi connectivity index (χ0v) is 16.5. The molecule has 2 aromatic carbocycles. The van der Waals surface area contributed by atoms with Gasteiger partial charge in [-0.3, -0.25) is 5.10 Å². The van der Waals surface area contributed by atoms with Gasteiger partial charge in [0.25, 0.3) is 5.89 Å². The van der Waals surface area contributed by atoms with Crippen molar-refractivity contribution in [1.29, 1.82) is 0 Å². The van der Waals surface area contributed by atoms with Crippen LogP contribution < -0.4 is 4.72 Å². The Bertz CT molecular complexity index is 1260. The fourth-order valence-corrected chi connectivity index (χ4v) is 3.92. The van der Waals surface area contributed by atoms with Crippen LogP contribution in [0, 0.1) is 0 Å². The van der Waals surface area contributed by atoms with E-state index in [1.807, 2.05) is 18.2 Å². The lowest BCUT2D eigenvalue weighted by atomic mass is 10.1. The van der Waals surface area contributed by atoms with Gasteiger partial charge in [0.05, 0.1) is 16.6 Å². The summed E-state index contributed by atoms with van der Waals surface area (Å²) >= 11 is 0. The first-order valence-electron chi connectivity index (χ1n) is 9.06. The molecule has 0 atom stereocenters. The normalized spacial score (nSPS) is 12.2.